The van der Waals surface area contributed by atoms with Gasteiger partial charge in [0.15, 0.2) is 0 Å². The van der Waals surface area contributed by atoms with Crippen molar-refractivity contribution in [3.8, 4) is 16.9 Å². The molecule has 0 amide bonds. The molecule has 208 valence electrons. The second-order valence-corrected chi connectivity index (χ2v) is 10.9. The van der Waals surface area contributed by atoms with Crippen molar-refractivity contribution in [2.24, 2.45) is 5.92 Å². The van der Waals surface area contributed by atoms with Crippen LogP contribution >= 0.6 is 0 Å². The molecule has 2 heterocycles. The van der Waals surface area contributed by atoms with Crippen molar-refractivity contribution in [1.29, 1.82) is 4.78 Å². The summed E-state index contributed by atoms with van der Waals surface area (Å²) >= 11 is 0. The number of aromatic nitrogens is 2. The van der Waals surface area contributed by atoms with Crippen LogP contribution < -0.4 is 15.4 Å². The second-order valence-electron chi connectivity index (χ2n) is 9.92. The molecule has 3 N–H and O–H groups in total. The third kappa shape index (κ3) is 7.37. The van der Waals surface area contributed by atoms with Crippen molar-refractivity contribution >= 4 is 28.0 Å². The van der Waals surface area contributed by atoms with E-state index in [4.69, 9.17) is 14.5 Å². The largest absolute Gasteiger partial charge is 0.494 e. The normalized spacial score (nSPS) is 14.2. The second kappa shape index (κ2) is 13.4. The van der Waals surface area contributed by atoms with Gasteiger partial charge in [0.2, 0.25) is 5.95 Å². The van der Waals surface area contributed by atoms with Crippen LogP contribution in [0.5, 0.6) is 5.75 Å². The van der Waals surface area contributed by atoms with E-state index >= 15 is 0 Å². The van der Waals surface area contributed by atoms with E-state index in [1.807, 2.05) is 43.5 Å². The maximum Gasteiger partial charge on any atom is 0.229 e. The zero-order chi connectivity index (χ0) is 27.7. The summed E-state index contributed by atoms with van der Waals surface area (Å²) in [7, 11) is -1.81. The number of hydrogen-bond donors (Lipinski definition) is 3. The predicted octanol–water partition coefficient (Wildman–Crippen LogP) is 6.70. The zero-order valence-electron chi connectivity index (χ0n) is 22.7. The fraction of sp³-hybridized carbons (Fsp3) is 0.290. The zero-order valence-corrected chi connectivity index (χ0v) is 23.5. The van der Waals surface area contributed by atoms with Gasteiger partial charge in [-0.3, -0.25) is 4.90 Å². The SMILES string of the molecule is CCOc1ccc(-c2cnc(Nc3cccc([S-](=N)=O)c3)nc2NCC2CCN(Cc3ccccc3)CC2)cc1. The number of anilines is 3. The monoisotopic (exact) mass is 555 g/mol. The van der Waals surface area contributed by atoms with Crippen LogP contribution in [0.1, 0.15) is 25.3 Å². The molecular formula is C31H35N6O2S-. The van der Waals surface area contributed by atoms with Crippen LogP contribution in [0, 0.1) is 10.7 Å². The van der Waals surface area contributed by atoms with Crippen molar-refractivity contribution < 1.29 is 8.95 Å². The van der Waals surface area contributed by atoms with Gasteiger partial charge < -0.3 is 24.4 Å². The van der Waals surface area contributed by atoms with Gasteiger partial charge in [-0.05, 0) is 68.1 Å². The van der Waals surface area contributed by atoms with Crippen molar-refractivity contribution in [3.05, 3.63) is 90.6 Å². The van der Waals surface area contributed by atoms with Crippen LogP contribution in [-0.4, -0.2) is 41.1 Å². The molecule has 1 saturated heterocycles. The van der Waals surface area contributed by atoms with Crippen LogP contribution in [-0.2, 0) is 21.3 Å². The topological polar surface area (TPSA) is 103 Å². The Kier molecular flexibility index (Phi) is 9.26. The summed E-state index contributed by atoms with van der Waals surface area (Å²) < 4.78 is 24.7. The molecule has 1 aliphatic rings. The van der Waals surface area contributed by atoms with Gasteiger partial charge in [-0.1, -0.05) is 65.6 Å². The Balaban J connectivity index is 1.30. The van der Waals surface area contributed by atoms with E-state index in [9.17, 15) is 4.21 Å². The maximum atomic E-state index is 11.6. The fourth-order valence-electron chi connectivity index (χ4n) is 4.94. The maximum absolute atomic E-state index is 11.6. The summed E-state index contributed by atoms with van der Waals surface area (Å²) in [6.45, 7) is 6.58. The number of benzene rings is 3. The average molecular weight is 556 g/mol. The van der Waals surface area contributed by atoms with E-state index in [1.54, 1.807) is 18.2 Å². The Morgan fingerprint density at radius 3 is 2.52 bits per heavy atom. The minimum absolute atomic E-state index is 0.424. The van der Waals surface area contributed by atoms with Gasteiger partial charge in [0.1, 0.15) is 11.6 Å². The number of likely N-dealkylation sites (tertiary alicyclic amines) is 1. The highest BCUT2D eigenvalue weighted by Crippen LogP contribution is 2.30. The molecule has 0 radical (unpaired) electrons. The number of nitrogens with zero attached hydrogens (tertiary/aromatic N) is 3. The fourth-order valence-corrected chi connectivity index (χ4v) is 5.37. The van der Waals surface area contributed by atoms with E-state index in [0.717, 1.165) is 61.7 Å². The number of ether oxygens (including phenoxy) is 1. The molecule has 8 nitrogen and oxygen atoms in total. The summed E-state index contributed by atoms with van der Waals surface area (Å²) in [5.41, 5.74) is 3.96. The Morgan fingerprint density at radius 2 is 1.80 bits per heavy atom. The van der Waals surface area contributed by atoms with Crippen molar-refractivity contribution in [2.75, 3.05) is 36.9 Å². The molecule has 0 atom stereocenters. The molecule has 3 aromatic carbocycles. The molecule has 40 heavy (non-hydrogen) atoms. The third-order valence-electron chi connectivity index (χ3n) is 7.08. The van der Waals surface area contributed by atoms with Crippen molar-refractivity contribution in [2.45, 2.75) is 31.2 Å². The molecular weight excluding hydrogens is 520 g/mol. The molecule has 0 saturated carbocycles. The molecule has 4 aromatic rings. The summed E-state index contributed by atoms with van der Waals surface area (Å²) in [4.78, 5) is 12.4. The number of nitrogens with one attached hydrogen (secondary N) is 3. The number of rotatable bonds is 11. The van der Waals surface area contributed by atoms with Gasteiger partial charge in [-0.15, -0.1) is 0 Å². The number of hydrogen-bond acceptors (Lipinski definition) is 9. The molecule has 0 bridgehead atoms. The highest BCUT2D eigenvalue weighted by molar-refractivity contribution is 7.73. The first-order valence-electron chi connectivity index (χ1n) is 13.7. The van der Waals surface area contributed by atoms with Gasteiger partial charge in [-0.25, -0.2) is 4.98 Å². The smallest absolute Gasteiger partial charge is 0.229 e. The summed E-state index contributed by atoms with van der Waals surface area (Å²) in [5.74, 6) is 2.57. The van der Waals surface area contributed by atoms with Crippen LogP contribution in [0.2, 0.25) is 0 Å². The van der Waals surface area contributed by atoms with Gasteiger partial charge in [0.05, 0.1) is 6.61 Å². The first kappa shape index (κ1) is 27.6. The van der Waals surface area contributed by atoms with E-state index in [-0.39, 0.29) is 0 Å². The minimum Gasteiger partial charge on any atom is -0.494 e. The van der Waals surface area contributed by atoms with Crippen LogP contribution in [0.25, 0.3) is 11.1 Å². The van der Waals surface area contributed by atoms with E-state index < -0.39 is 10.6 Å². The first-order valence-corrected chi connectivity index (χ1v) is 14.8. The van der Waals surface area contributed by atoms with Crippen molar-refractivity contribution in [1.82, 2.24) is 14.9 Å². The average Bonchev–Trinajstić information content (AvgIpc) is 2.98. The molecule has 0 unspecified atom stereocenters. The summed E-state index contributed by atoms with van der Waals surface area (Å²) in [5, 5.41) is 6.83. The molecule has 1 fully saturated rings. The lowest BCUT2D eigenvalue weighted by Crippen LogP contribution is -2.35. The Labute approximate surface area is 237 Å². The first-order chi connectivity index (χ1) is 19.6. The summed E-state index contributed by atoms with van der Waals surface area (Å²) in [6, 6.07) is 25.6. The van der Waals surface area contributed by atoms with Gasteiger partial charge in [-0.2, -0.15) is 15.6 Å². The molecule has 0 spiro atoms. The highest BCUT2D eigenvalue weighted by Gasteiger charge is 2.20. The molecule has 1 aliphatic heterocycles. The van der Waals surface area contributed by atoms with Gasteiger partial charge in [0.25, 0.3) is 0 Å². The Morgan fingerprint density at radius 1 is 1.02 bits per heavy atom. The molecule has 1 aromatic heterocycles. The predicted molar refractivity (Wildman–Crippen MR) is 160 cm³/mol. The lowest BCUT2D eigenvalue weighted by molar-refractivity contribution is 0.182. The number of piperidine rings is 1. The highest BCUT2D eigenvalue weighted by atomic mass is 32.2. The van der Waals surface area contributed by atoms with E-state index in [2.05, 4.69) is 50.8 Å². The lowest BCUT2D eigenvalue weighted by atomic mass is 9.96. The minimum atomic E-state index is -1.81. The van der Waals surface area contributed by atoms with Crippen LogP contribution in [0.4, 0.5) is 17.5 Å². The summed E-state index contributed by atoms with van der Waals surface area (Å²) in [6.07, 6.45) is 4.08. The Hall–Kier alpha value is -3.95. The van der Waals surface area contributed by atoms with Gasteiger partial charge in [0, 0.05) is 30.5 Å². The molecule has 0 aliphatic carbocycles. The third-order valence-corrected chi connectivity index (χ3v) is 7.77. The van der Waals surface area contributed by atoms with Crippen LogP contribution in [0.3, 0.4) is 0 Å². The van der Waals surface area contributed by atoms with E-state index in [0.29, 0.717) is 29.1 Å². The standard InChI is InChI=1S/C31H35N6O2S/c1-2-39-27-13-11-25(12-14-27)29-21-34-31(35-26-9-6-10-28(19-26)40(32)38)36-30(29)33-20-23-15-17-37(18-16-23)22-24-7-4-3-5-8-24/h3-14,19,21,23,32H,2,15-18,20,22H2,1H3,(H2,33,34,35,36)/q-1. The van der Waals surface area contributed by atoms with Crippen molar-refractivity contribution in [3.63, 3.8) is 0 Å². The molecule has 5 rings (SSSR count). The lowest BCUT2D eigenvalue weighted by Gasteiger charge is -2.32. The van der Waals surface area contributed by atoms with Gasteiger partial charge >= 0.3 is 0 Å². The van der Waals surface area contributed by atoms with Crippen LogP contribution in [0.15, 0.2) is 90.0 Å². The Bertz CT molecular complexity index is 1460. The molecule has 9 heteroatoms. The van der Waals surface area contributed by atoms with E-state index in [1.165, 1.54) is 5.56 Å². The quantitative estimate of drug-likeness (QED) is 0.177.